The Labute approximate surface area is 248 Å². The standard InChI is InChI=1S/C32H54N2O4SSi/c1-21-16-14-12-13-15-17-26(22(2)18-25-20-39-24(4)33-25)34-28(35)19-27(38-40(10,11)31(5,6)7)32(8,9)30(37)23(3)29(21)36/h13,15,18,20-21,23,26-27,29,36H,12,14,16-17,19H2,1-11H3,(H,34,35)/b15-13+,22-18+/t21-,23+,26?,27-,29-/m0/s1. The van der Waals surface area contributed by atoms with Crippen molar-refractivity contribution in [1.82, 2.24) is 10.3 Å². The van der Waals surface area contributed by atoms with E-state index in [4.69, 9.17) is 4.43 Å². The van der Waals surface area contributed by atoms with Gasteiger partial charge >= 0.3 is 0 Å². The molecule has 0 saturated heterocycles. The van der Waals surface area contributed by atoms with Gasteiger partial charge in [-0.05, 0) is 75.2 Å². The lowest BCUT2D eigenvalue weighted by Gasteiger charge is -2.44. The number of nitrogens with one attached hydrogen (secondary N) is 1. The largest absolute Gasteiger partial charge is 0.412 e. The molecular formula is C32H54N2O4SSi. The molecule has 226 valence electrons. The number of allylic oxidation sites excluding steroid dienone is 1. The van der Waals surface area contributed by atoms with Gasteiger partial charge in [0.25, 0.3) is 0 Å². The maximum Gasteiger partial charge on any atom is 0.223 e. The fourth-order valence-corrected chi connectivity index (χ4v) is 7.02. The van der Waals surface area contributed by atoms with Crippen molar-refractivity contribution in [2.45, 2.75) is 131 Å². The molecule has 1 amide bonds. The summed E-state index contributed by atoms with van der Waals surface area (Å²) in [5.74, 6) is -0.749. The summed E-state index contributed by atoms with van der Waals surface area (Å²) in [6.07, 6.45) is 8.40. The first kappa shape index (κ1) is 34.6. The summed E-state index contributed by atoms with van der Waals surface area (Å²) in [7, 11) is -2.33. The van der Waals surface area contributed by atoms with E-state index in [1.165, 1.54) is 0 Å². The van der Waals surface area contributed by atoms with E-state index in [1.807, 2.05) is 53.0 Å². The van der Waals surface area contributed by atoms with Crippen LogP contribution in [0.5, 0.6) is 0 Å². The van der Waals surface area contributed by atoms with Crippen LogP contribution in [0.1, 0.15) is 98.2 Å². The van der Waals surface area contributed by atoms with Gasteiger partial charge in [0, 0.05) is 16.7 Å². The van der Waals surface area contributed by atoms with Gasteiger partial charge in [-0.25, -0.2) is 4.98 Å². The molecule has 0 spiro atoms. The average Bonchev–Trinajstić information content (AvgIpc) is 3.25. The Morgan fingerprint density at radius 3 is 2.45 bits per heavy atom. The first-order valence-electron chi connectivity index (χ1n) is 14.8. The maximum atomic E-state index is 14.0. The molecule has 2 rings (SSSR count). The first-order valence-corrected chi connectivity index (χ1v) is 18.6. The summed E-state index contributed by atoms with van der Waals surface area (Å²) in [6.45, 7) is 22.4. The molecule has 0 aromatic carbocycles. The molecule has 8 heteroatoms. The highest BCUT2D eigenvalue weighted by atomic mass is 32.1. The van der Waals surface area contributed by atoms with Crippen LogP contribution in [0.2, 0.25) is 18.1 Å². The van der Waals surface area contributed by atoms with E-state index >= 15 is 0 Å². The molecule has 0 aliphatic carbocycles. The van der Waals surface area contributed by atoms with Gasteiger partial charge in [0.2, 0.25) is 5.91 Å². The zero-order valence-electron chi connectivity index (χ0n) is 26.8. The number of amides is 1. The van der Waals surface area contributed by atoms with Crippen molar-refractivity contribution >= 4 is 37.4 Å². The van der Waals surface area contributed by atoms with E-state index in [1.54, 1.807) is 11.3 Å². The molecule has 1 unspecified atom stereocenters. The Balaban J connectivity index is 2.49. The number of Topliss-reactive ketones (excluding diaryl/α,β-unsaturated/α-hetero) is 1. The van der Waals surface area contributed by atoms with Crippen molar-refractivity contribution in [3.63, 3.8) is 0 Å². The van der Waals surface area contributed by atoms with Gasteiger partial charge in [-0.1, -0.05) is 60.6 Å². The van der Waals surface area contributed by atoms with E-state index < -0.39 is 31.9 Å². The monoisotopic (exact) mass is 590 g/mol. The number of carbonyl (C=O) groups excluding carboxylic acids is 2. The molecule has 2 heterocycles. The Hall–Kier alpha value is -1.61. The predicted molar refractivity (Wildman–Crippen MR) is 170 cm³/mol. The van der Waals surface area contributed by atoms with E-state index in [0.29, 0.717) is 6.42 Å². The summed E-state index contributed by atoms with van der Waals surface area (Å²) in [6, 6.07) is -0.189. The summed E-state index contributed by atoms with van der Waals surface area (Å²) >= 11 is 1.61. The fraction of sp³-hybridized carbons (Fsp3) is 0.719. The second kappa shape index (κ2) is 14.0. The second-order valence-corrected chi connectivity index (χ2v) is 19.7. The fourth-order valence-electron chi connectivity index (χ4n) is 5.01. The SMILES string of the molecule is C/C(=C\c1csc(C)n1)C1C/C=C/CCC[C@H](C)[C@H](O)[C@@H](C)C(=O)C(C)(C)[C@@H](O[Si](C)(C)C(C)(C)C)CC(=O)N1. The number of thiazole rings is 1. The molecule has 1 aliphatic rings. The lowest BCUT2D eigenvalue weighted by atomic mass is 9.73. The van der Waals surface area contributed by atoms with Crippen molar-refractivity contribution < 1.29 is 19.1 Å². The van der Waals surface area contributed by atoms with Crippen LogP contribution in [0.3, 0.4) is 0 Å². The Bertz CT molecular complexity index is 1070. The van der Waals surface area contributed by atoms with Crippen molar-refractivity contribution in [2.75, 3.05) is 0 Å². The third kappa shape index (κ3) is 9.20. The quantitative estimate of drug-likeness (QED) is 0.280. The number of hydrogen-bond acceptors (Lipinski definition) is 6. The molecule has 2 N–H and O–H groups in total. The smallest absolute Gasteiger partial charge is 0.223 e. The molecule has 40 heavy (non-hydrogen) atoms. The zero-order valence-corrected chi connectivity index (χ0v) is 28.6. The van der Waals surface area contributed by atoms with E-state index in [9.17, 15) is 14.7 Å². The van der Waals surface area contributed by atoms with Gasteiger partial charge < -0.3 is 14.8 Å². The Morgan fingerprint density at radius 2 is 1.88 bits per heavy atom. The van der Waals surface area contributed by atoms with Gasteiger partial charge in [0.1, 0.15) is 5.78 Å². The molecule has 5 atom stereocenters. The molecular weight excluding hydrogens is 537 g/mol. The van der Waals surface area contributed by atoms with Crippen LogP contribution in [-0.2, 0) is 14.0 Å². The van der Waals surface area contributed by atoms with Crippen molar-refractivity contribution in [3.05, 3.63) is 33.8 Å². The van der Waals surface area contributed by atoms with E-state index in [2.05, 4.69) is 56.3 Å². The van der Waals surface area contributed by atoms with E-state index in [0.717, 1.165) is 35.5 Å². The number of carbonyl (C=O) groups is 2. The highest BCUT2D eigenvalue weighted by Crippen LogP contribution is 2.42. The van der Waals surface area contributed by atoms with E-state index in [-0.39, 0.29) is 35.1 Å². The first-order chi connectivity index (χ1) is 18.4. The van der Waals surface area contributed by atoms with Crippen LogP contribution < -0.4 is 5.32 Å². The number of hydrogen-bond donors (Lipinski definition) is 2. The number of ketones is 1. The molecule has 0 bridgehead atoms. The van der Waals surface area contributed by atoms with Gasteiger partial charge in [-0.3, -0.25) is 9.59 Å². The lowest BCUT2D eigenvalue weighted by molar-refractivity contribution is -0.142. The van der Waals surface area contributed by atoms with Crippen LogP contribution in [-0.4, -0.2) is 48.3 Å². The van der Waals surface area contributed by atoms with Crippen LogP contribution in [0.15, 0.2) is 23.1 Å². The molecule has 1 aromatic heterocycles. The molecule has 1 aliphatic heterocycles. The predicted octanol–water partition coefficient (Wildman–Crippen LogP) is 7.48. The number of aliphatic hydroxyl groups excluding tert-OH is 1. The molecule has 6 nitrogen and oxygen atoms in total. The van der Waals surface area contributed by atoms with Gasteiger partial charge in [-0.15, -0.1) is 11.3 Å². The third-order valence-electron chi connectivity index (χ3n) is 9.03. The molecule has 0 radical (unpaired) electrons. The van der Waals surface area contributed by atoms with Gasteiger partial charge in [-0.2, -0.15) is 0 Å². The van der Waals surface area contributed by atoms with Crippen molar-refractivity contribution in [1.29, 1.82) is 0 Å². The normalized spacial score (nSPS) is 29.2. The van der Waals surface area contributed by atoms with Crippen LogP contribution in [0.4, 0.5) is 0 Å². The summed E-state index contributed by atoms with van der Waals surface area (Å²) in [4.78, 5) is 32.2. The molecule has 0 saturated carbocycles. The highest BCUT2D eigenvalue weighted by molar-refractivity contribution is 7.09. The summed E-state index contributed by atoms with van der Waals surface area (Å²) in [5.41, 5.74) is 0.979. The number of nitrogens with zero attached hydrogens (tertiary/aromatic N) is 1. The van der Waals surface area contributed by atoms with Gasteiger partial charge in [0.05, 0.1) is 35.4 Å². The average molecular weight is 591 g/mol. The summed E-state index contributed by atoms with van der Waals surface area (Å²) < 4.78 is 6.85. The number of aromatic nitrogens is 1. The Kier molecular flexibility index (Phi) is 12.1. The zero-order chi connectivity index (χ0) is 30.5. The van der Waals surface area contributed by atoms with Crippen molar-refractivity contribution in [3.8, 4) is 0 Å². The number of aryl methyl sites for hydroxylation is 1. The highest BCUT2D eigenvalue weighted by Gasteiger charge is 2.48. The van der Waals surface area contributed by atoms with Crippen LogP contribution >= 0.6 is 11.3 Å². The van der Waals surface area contributed by atoms with Crippen LogP contribution in [0, 0.1) is 24.2 Å². The summed E-state index contributed by atoms with van der Waals surface area (Å²) in [5, 5.41) is 17.3. The topological polar surface area (TPSA) is 88.5 Å². The number of aliphatic hydroxyl groups is 1. The Morgan fingerprint density at radius 1 is 1.23 bits per heavy atom. The lowest BCUT2D eigenvalue weighted by Crippen LogP contribution is -2.53. The molecule has 0 fully saturated rings. The minimum atomic E-state index is -2.33. The minimum absolute atomic E-state index is 0.00129. The van der Waals surface area contributed by atoms with Crippen molar-refractivity contribution in [2.24, 2.45) is 17.3 Å². The van der Waals surface area contributed by atoms with Gasteiger partial charge in [0.15, 0.2) is 8.32 Å². The second-order valence-electron chi connectivity index (χ2n) is 13.9. The maximum absolute atomic E-state index is 14.0. The van der Waals surface area contributed by atoms with Crippen LogP contribution in [0.25, 0.3) is 6.08 Å². The number of rotatable bonds is 4. The third-order valence-corrected chi connectivity index (χ3v) is 14.3. The molecule has 1 aromatic rings. The minimum Gasteiger partial charge on any atom is -0.412 e.